The molecule has 0 bridgehead atoms. The lowest BCUT2D eigenvalue weighted by Crippen LogP contribution is -2.53. The molecule has 6 heteroatoms. The van der Waals surface area contributed by atoms with Gasteiger partial charge in [0.15, 0.2) is 5.82 Å². The topological polar surface area (TPSA) is 83.7 Å². The molecule has 2 atom stereocenters. The molecule has 0 spiro atoms. The van der Waals surface area contributed by atoms with E-state index >= 15 is 0 Å². The maximum Gasteiger partial charge on any atom is 0.194 e. The molecule has 1 aliphatic heterocycles. The average molecular weight is 196 g/mol. The summed E-state index contributed by atoms with van der Waals surface area (Å²) in [6.07, 6.45) is 0.879. The van der Waals surface area contributed by atoms with Gasteiger partial charge < -0.3 is 10.6 Å². The summed E-state index contributed by atoms with van der Waals surface area (Å²) < 4.78 is 0. The zero-order chi connectivity index (χ0) is 10.2. The Morgan fingerprint density at radius 3 is 3.00 bits per heavy atom. The van der Waals surface area contributed by atoms with Crippen molar-refractivity contribution in [1.82, 2.24) is 25.5 Å². The van der Waals surface area contributed by atoms with Gasteiger partial charge >= 0.3 is 0 Å². The van der Waals surface area contributed by atoms with Crippen LogP contribution in [-0.4, -0.2) is 45.7 Å². The van der Waals surface area contributed by atoms with Crippen molar-refractivity contribution in [3.8, 4) is 0 Å². The van der Waals surface area contributed by atoms with Gasteiger partial charge in [0.05, 0.1) is 5.54 Å². The van der Waals surface area contributed by atoms with Crippen LogP contribution in [0.3, 0.4) is 0 Å². The molecule has 1 aromatic rings. The Kier molecular flexibility index (Phi) is 2.24. The number of nitrogens with zero attached hydrogens (tertiary/aromatic N) is 4. The maximum absolute atomic E-state index is 6.32. The van der Waals surface area contributed by atoms with Crippen molar-refractivity contribution in [2.45, 2.75) is 18.9 Å². The highest BCUT2D eigenvalue weighted by molar-refractivity contribution is 5.06. The second kappa shape index (κ2) is 3.29. The van der Waals surface area contributed by atoms with Crippen molar-refractivity contribution in [1.29, 1.82) is 0 Å². The second-order valence-electron chi connectivity index (χ2n) is 4.19. The minimum absolute atomic E-state index is 0.346. The van der Waals surface area contributed by atoms with Gasteiger partial charge in [0.25, 0.3) is 0 Å². The summed E-state index contributed by atoms with van der Waals surface area (Å²) in [6.45, 7) is 4.09. The first-order chi connectivity index (χ1) is 6.63. The van der Waals surface area contributed by atoms with Crippen LogP contribution in [0.15, 0.2) is 0 Å². The number of rotatable bonds is 1. The van der Waals surface area contributed by atoms with E-state index in [2.05, 4.69) is 39.5 Å². The molecule has 1 saturated heterocycles. The Bertz CT molecular complexity index is 297. The van der Waals surface area contributed by atoms with E-state index < -0.39 is 5.54 Å². The van der Waals surface area contributed by atoms with Crippen LogP contribution in [0.1, 0.15) is 19.2 Å². The first kappa shape index (κ1) is 9.54. The van der Waals surface area contributed by atoms with E-state index in [4.69, 9.17) is 5.73 Å². The number of likely N-dealkylation sites (tertiary alicyclic amines) is 1. The molecule has 0 aromatic carbocycles. The quantitative estimate of drug-likeness (QED) is 0.622. The van der Waals surface area contributed by atoms with E-state index in [1.165, 1.54) is 0 Å². The Balaban J connectivity index is 2.23. The summed E-state index contributed by atoms with van der Waals surface area (Å²) in [4.78, 5) is 2.27. The van der Waals surface area contributed by atoms with E-state index in [9.17, 15) is 0 Å². The number of tetrazole rings is 1. The maximum atomic E-state index is 6.32. The largest absolute Gasteiger partial charge is 0.318 e. The van der Waals surface area contributed by atoms with Gasteiger partial charge in [0.1, 0.15) is 0 Å². The second-order valence-corrected chi connectivity index (χ2v) is 4.19. The molecule has 2 heterocycles. The number of aromatic amines is 1. The molecule has 78 valence electrons. The standard InChI is InChI=1S/C8H16N6/c1-6-5-14(2)4-3-8(6,9)7-10-12-13-11-7/h6H,3-5,9H2,1-2H3,(H,10,11,12,13). The predicted molar refractivity (Wildman–Crippen MR) is 51.3 cm³/mol. The van der Waals surface area contributed by atoms with Crippen molar-refractivity contribution in [3.05, 3.63) is 5.82 Å². The smallest absolute Gasteiger partial charge is 0.194 e. The Hall–Kier alpha value is -1.01. The van der Waals surface area contributed by atoms with Crippen LogP contribution in [-0.2, 0) is 5.54 Å². The van der Waals surface area contributed by atoms with Crippen molar-refractivity contribution in [3.63, 3.8) is 0 Å². The molecule has 14 heavy (non-hydrogen) atoms. The molecular weight excluding hydrogens is 180 g/mol. The summed E-state index contributed by atoms with van der Waals surface area (Å²) in [7, 11) is 2.10. The molecule has 2 rings (SSSR count). The molecule has 0 saturated carbocycles. The van der Waals surface area contributed by atoms with Crippen LogP contribution in [0.2, 0.25) is 0 Å². The van der Waals surface area contributed by atoms with E-state index in [0.717, 1.165) is 19.5 Å². The fourth-order valence-electron chi connectivity index (χ4n) is 2.04. The first-order valence-corrected chi connectivity index (χ1v) is 4.84. The molecule has 6 nitrogen and oxygen atoms in total. The van der Waals surface area contributed by atoms with Gasteiger partial charge in [-0.25, -0.2) is 0 Å². The van der Waals surface area contributed by atoms with Gasteiger partial charge in [0, 0.05) is 13.1 Å². The van der Waals surface area contributed by atoms with Crippen LogP contribution in [0.25, 0.3) is 0 Å². The molecule has 3 N–H and O–H groups in total. The SMILES string of the molecule is CC1CN(C)CCC1(N)c1nn[nH]n1. The number of nitrogens with one attached hydrogen (secondary N) is 1. The van der Waals surface area contributed by atoms with Crippen molar-refractivity contribution >= 4 is 0 Å². The zero-order valence-corrected chi connectivity index (χ0v) is 8.56. The van der Waals surface area contributed by atoms with E-state index in [-0.39, 0.29) is 0 Å². The number of H-pyrrole nitrogens is 1. The summed E-state index contributed by atoms with van der Waals surface area (Å²) in [5.74, 6) is 0.983. The number of aromatic nitrogens is 4. The summed E-state index contributed by atoms with van der Waals surface area (Å²) >= 11 is 0. The minimum Gasteiger partial charge on any atom is -0.318 e. The van der Waals surface area contributed by atoms with Crippen LogP contribution < -0.4 is 5.73 Å². The normalized spacial score (nSPS) is 34.6. The van der Waals surface area contributed by atoms with E-state index in [1.807, 2.05) is 0 Å². The minimum atomic E-state index is -0.417. The van der Waals surface area contributed by atoms with Gasteiger partial charge in [-0.05, 0) is 19.4 Å². The van der Waals surface area contributed by atoms with Gasteiger partial charge in [-0.2, -0.15) is 5.21 Å². The fraction of sp³-hybridized carbons (Fsp3) is 0.875. The highest BCUT2D eigenvalue weighted by atomic mass is 15.5. The third kappa shape index (κ3) is 1.40. The number of piperidine rings is 1. The van der Waals surface area contributed by atoms with Gasteiger partial charge in [-0.1, -0.05) is 12.1 Å². The molecular formula is C8H16N6. The van der Waals surface area contributed by atoms with Crippen molar-refractivity contribution < 1.29 is 0 Å². The third-order valence-electron chi connectivity index (χ3n) is 3.13. The molecule has 0 aliphatic carbocycles. The Labute approximate surface area is 82.9 Å². The van der Waals surface area contributed by atoms with E-state index in [0.29, 0.717) is 11.7 Å². The molecule has 1 aliphatic rings. The highest BCUT2D eigenvalue weighted by Crippen LogP contribution is 2.31. The van der Waals surface area contributed by atoms with Crippen LogP contribution in [0.4, 0.5) is 0 Å². The van der Waals surface area contributed by atoms with Gasteiger partial charge in [-0.3, -0.25) is 0 Å². The monoisotopic (exact) mass is 196 g/mol. The van der Waals surface area contributed by atoms with Crippen LogP contribution in [0, 0.1) is 5.92 Å². The molecule has 2 unspecified atom stereocenters. The van der Waals surface area contributed by atoms with Gasteiger partial charge in [-0.15, -0.1) is 10.2 Å². The molecule has 1 fully saturated rings. The zero-order valence-electron chi connectivity index (χ0n) is 8.56. The average Bonchev–Trinajstić information content (AvgIpc) is 2.65. The van der Waals surface area contributed by atoms with Crippen LogP contribution >= 0.6 is 0 Å². The third-order valence-corrected chi connectivity index (χ3v) is 3.13. The summed E-state index contributed by atoms with van der Waals surface area (Å²) in [5.41, 5.74) is 5.90. The summed E-state index contributed by atoms with van der Waals surface area (Å²) in [5, 5.41) is 14.0. The first-order valence-electron chi connectivity index (χ1n) is 4.84. The van der Waals surface area contributed by atoms with Crippen molar-refractivity contribution in [2.24, 2.45) is 11.7 Å². The van der Waals surface area contributed by atoms with E-state index in [1.54, 1.807) is 0 Å². The fourth-order valence-corrected chi connectivity index (χ4v) is 2.04. The predicted octanol–water partition coefficient (Wildman–Crippen LogP) is -0.675. The molecule has 0 amide bonds. The molecule has 1 aromatic heterocycles. The Morgan fingerprint density at radius 1 is 1.64 bits per heavy atom. The Morgan fingerprint density at radius 2 is 2.43 bits per heavy atom. The number of hydrogen-bond acceptors (Lipinski definition) is 5. The lowest BCUT2D eigenvalue weighted by Gasteiger charge is -2.40. The number of nitrogens with two attached hydrogens (primary N) is 1. The lowest BCUT2D eigenvalue weighted by atomic mass is 9.79. The highest BCUT2D eigenvalue weighted by Gasteiger charge is 2.41. The lowest BCUT2D eigenvalue weighted by molar-refractivity contribution is 0.118. The van der Waals surface area contributed by atoms with Gasteiger partial charge in [0.2, 0.25) is 0 Å². The number of hydrogen-bond donors (Lipinski definition) is 2. The molecule has 0 radical (unpaired) electrons. The van der Waals surface area contributed by atoms with Crippen molar-refractivity contribution in [2.75, 3.05) is 20.1 Å². The van der Waals surface area contributed by atoms with Crippen LogP contribution in [0.5, 0.6) is 0 Å². The summed E-state index contributed by atoms with van der Waals surface area (Å²) in [6, 6.07) is 0.